The molecule has 1 aliphatic carbocycles. The molecule has 0 saturated carbocycles. The second kappa shape index (κ2) is 6.41. The lowest BCUT2D eigenvalue weighted by atomic mass is 9.85. The highest BCUT2D eigenvalue weighted by molar-refractivity contribution is 9.10. The first-order valence-electron chi connectivity index (χ1n) is 8.78. The molecule has 1 heterocycles. The summed E-state index contributed by atoms with van der Waals surface area (Å²) in [6.07, 6.45) is 3.26. The van der Waals surface area contributed by atoms with Crippen molar-refractivity contribution >= 4 is 27.5 Å². The molecule has 1 amide bonds. The maximum absolute atomic E-state index is 12.3. The molecule has 2 aromatic carbocycles. The van der Waals surface area contributed by atoms with Crippen LogP contribution in [0.15, 0.2) is 52.0 Å². The first-order valence-corrected chi connectivity index (χ1v) is 9.57. The fourth-order valence-corrected chi connectivity index (χ4v) is 4.34. The molecular weight excluding hydrogens is 376 g/mol. The Morgan fingerprint density at radius 3 is 2.68 bits per heavy atom. The molecule has 25 heavy (non-hydrogen) atoms. The average molecular weight is 397 g/mol. The summed E-state index contributed by atoms with van der Waals surface area (Å²) in [5.74, 6) is 0.260. The van der Waals surface area contributed by atoms with Crippen molar-refractivity contribution in [2.75, 3.05) is 0 Å². The first-order chi connectivity index (χ1) is 12.0. The van der Waals surface area contributed by atoms with E-state index in [9.17, 15) is 4.79 Å². The van der Waals surface area contributed by atoms with Gasteiger partial charge in [-0.1, -0.05) is 45.8 Å². The molecule has 2 aromatic rings. The topological polar surface area (TPSA) is 32.7 Å². The van der Waals surface area contributed by atoms with Crippen LogP contribution in [0.1, 0.15) is 48.1 Å². The van der Waals surface area contributed by atoms with Gasteiger partial charge in [0.15, 0.2) is 0 Å². The Morgan fingerprint density at radius 1 is 1.20 bits per heavy atom. The number of rotatable bonds is 1. The van der Waals surface area contributed by atoms with E-state index in [0.29, 0.717) is 0 Å². The normalized spacial score (nSPS) is 22.0. The van der Waals surface area contributed by atoms with Gasteiger partial charge in [-0.2, -0.15) is 5.10 Å². The molecule has 2 atom stereocenters. The highest BCUT2D eigenvalue weighted by Crippen LogP contribution is 2.43. The lowest BCUT2D eigenvalue weighted by Gasteiger charge is -2.26. The van der Waals surface area contributed by atoms with Gasteiger partial charge in [0.2, 0.25) is 5.91 Å². The predicted octanol–water partition coefficient (Wildman–Crippen LogP) is 5.02. The molecule has 128 valence electrons. The third kappa shape index (κ3) is 2.93. The summed E-state index contributed by atoms with van der Waals surface area (Å²) in [4.78, 5) is 12.3. The fourth-order valence-electron chi connectivity index (χ4n) is 4.08. The average Bonchev–Trinajstić information content (AvgIpc) is 2.88. The quantitative estimate of drug-likeness (QED) is 0.665. The van der Waals surface area contributed by atoms with Crippen LogP contribution < -0.4 is 0 Å². The van der Waals surface area contributed by atoms with Gasteiger partial charge in [0, 0.05) is 22.9 Å². The number of nitrogens with zero attached hydrogens (tertiary/aromatic N) is 2. The minimum absolute atomic E-state index is 0.00250. The Kier molecular flexibility index (Phi) is 4.24. The third-order valence-corrected chi connectivity index (χ3v) is 5.78. The Morgan fingerprint density at radius 2 is 1.96 bits per heavy atom. The SMILES string of the molecule is CC(=O)N1N=C2c3cc(C)ccc3CCC[C@H]2[C@H]1c1ccc(Br)cc1. The second-order valence-corrected chi connectivity index (χ2v) is 7.92. The Balaban J connectivity index is 1.84. The van der Waals surface area contributed by atoms with Crippen LogP contribution in [0.5, 0.6) is 0 Å². The molecule has 0 fully saturated rings. The van der Waals surface area contributed by atoms with Crippen LogP contribution in [0.3, 0.4) is 0 Å². The number of benzene rings is 2. The molecule has 4 heteroatoms. The molecule has 3 nitrogen and oxygen atoms in total. The molecule has 1 aliphatic heterocycles. The minimum atomic E-state index is -0.00735. The molecule has 4 rings (SSSR count). The zero-order chi connectivity index (χ0) is 17.6. The zero-order valence-corrected chi connectivity index (χ0v) is 16.1. The Bertz CT molecular complexity index is 857. The number of fused-ring (bicyclic) bond motifs is 3. The largest absolute Gasteiger partial charge is 0.273 e. The van der Waals surface area contributed by atoms with Crippen LogP contribution in [0.25, 0.3) is 0 Å². The van der Waals surface area contributed by atoms with Crippen molar-refractivity contribution in [1.29, 1.82) is 0 Å². The van der Waals surface area contributed by atoms with E-state index in [0.717, 1.165) is 35.0 Å². The van der Waals surface area contributed by atoms with E-state index in [1.807, 2.05) is 12.1 Å². The number of hydrogen-bond acceptors (Lipinski definition) is 2. The number of amides is 1. The van der Waals surface area contributed by atoms with Crippen molar-refractivity contribution in [3.8, 4) is 0 Å². The smallest absolute Gasteiger partial charge is 0.240 e. The molecule has 0 saturated heterocycles. The summed E-state index contributed by atoms with van der Waals surface area (Å²) in [7, 11) is 0. The van der Waals surface area contributed by atoms with Crippen LogP contribution in [-0.4, -0.2) is 16.6 Å². The molecule has 2 aliphatic rings. The number of hydrogen-bond donors (Lipinski definition) is 0. The zero-order valence-electron chi connectivity index (χ0n) is 14.5. The first kappa shape index (κ1) is 16.5. The highest BCUT2D eigenvalue weighted by atomic mass is 79.9. The summed E-state index contributed by atoms with van der Waals surface area (Å²) in [5.41, 5.74) is 6.06. The van der Waals surface area contributed by atoms with E-state index < -0.39 is 0 Å². The predicted molar refractivity (Wildman–Crippen MR) is 104 cm³/mol. The maximum Gasteiger partial charge on any atom is 0.240 e. The second-order valence-electron chi connectivity index (χ2n) is 7.00. The Labute approximate surface area is 156 Å². The van der Waals surface area contributed by atoms with Crippen LogP contribution in [0.4, 0.5) is 0 Å². The lowest BCUT2D eigenvalue weighted by Crippen LogP contribution is -2.29. The number of carbonyl (C=O) groups is 1. The molecular formula is C21H21BrN2O. The van der Waals surface area contributed by atoms with E-state index in [2.05, 4.69) is 53.2 Å². The van der Waals surface area contributed by atoms with Gasteiger partial charge in [0.1, 0.15) is 0 Å². The van der Waals surface area contributed by atoms with Crippen molar-refractivity contribution < 1.29 is 4.79 Å². The molecule has 0 N–H and O–H groups in total. The van der Waals surface area contributed by atoms with Gasteiger partial charge in [-0.05, 0) is 55.5 Å². The fraction of sp³-hybridized carbons (Fsp3) is 0.333. The van der Waals surface area contributed by atoms with Gasteiger partial charge < -0.3 is 0 Å². The van der Waals surface area contributed by atoms with Crippen molar-refractivity contribution in [2.24, 2.45) is 11.0 Å². The number of aryl methyl sites for hydroxylation is 2. The van der Waals surface area contributed by atoms with Gasteiger partial charge in [-0.3, -0.25) is 4.79 Å². The lowest BCUT2D eigenvalue weighted by molar-refractivity contribution is -0.131. The summed E-state index contributed by atoms with van der Waals surface area (Å²) >= 11 is 3.50. The molecule has 0 spiro atoms. The number of carbonyl (C=O) groups excluding carboxylic acids is 1. The number of halogens is 1. The summed E-state index contributed by atoms with van der Waals surface area (Å²) in [5, 5.41) is 6.52. The molecule has 0 unspecified atom stereocenters. The standard InChI is InChI=1S/C21H21BrN2O/c1-13-6-7-15-4-3-5-18-20(19(15)12-13)23-24(14(2)25)21(18)16-8-10-17(22)11-9-16/h6-12,18,21H,3-5H2,1-2H3/t18-,21-/m1/s1. The third-order valence-electron chi connectivity index (χ3n) is 5.25. The van der Waals surface area contributed by atoms with Crippen LogP contribution in [0.2, 0.25) is 0 Å². The van der Waals surface area contributed by atoms with Crippen molar-refractivity contribution in [1.82, 2.24) is 5.01 Å². The summed E-state index contributed by atoms with van der Waals surface area (Å²) < 4.78 is 1.05. The van der Waals surface area contributed by atoms with E-state index in [1.165, 1.54) is 16.7 Å². The van der Waals surface area contributed by atoms with Gasteiger partial charge in [-0.25, -0.2) is 5.01 Å². The molecule has 0 radical (unpaired) electrons. The van der Waals surface area contributed by atoms with E-state index in [4.69, 9.17) is 5.10 Å². The highest BCUT2D eigenvalue weighted by Gasteiger charge is 2.41. The van der Waals surface area contributed by atoms with Crippen LogP contribution in [0, 0.1) is 12.8 Å². The van der Waals surface area contributed by atoms with Gasteiger partial charge in [0.25, 0.3) is 0 Å². The van der Waals surface area contributed by atoms with Crippen molar-refractivity contribution in [3.63, 3.8) is 0 Å². The maximum atomic E-state index is 12.3. The number of hydrazone groups is 1. The van der Waals surface area contributed by atoms with Gasteiger partial charge >= 0.3 is 0 Å². The molecule has 0 bridgehead atoms. The van der Waals surface area contributed by atoms with Gasteiger partial charge in [0.05, 0.1) is 11.8 Å². The Hall–Kier alpha value is -1.94. The minimum Gasteiger partial charge on any atom is -0.273 e. The van der Waals surface area contributed by atoms with E-state index in [1.54, 1.807) is 11.9 Å². The van der Waals surface area contributed by atoms with Crippen LogP contribution >= 0.6 is 15.9 Å². The van der Waals surface area contributed by atoms with E-state index >= 15 is 0 Å². The van der Waals surface area contributed by atoms with E-state index in [-0.39, 0.29) is 17.9 Å². The summed E-state index contributed by atoms with van der Waals surface area (Å²) in [6, 6.07) is 14.9. The monoisotopic (exact) mass is 396 g/mol. The molecule has 0 aromatic heterocycles. The summed E-state index contributed by atoms with van der Waals surface area (Å²) in [6.45, 7) is 3.73. The van der Waals surface area contributed by atoms with Gasteiger partial charge in [-0.15, -0.1) is 0 Å². The van der Waals surface area contributed by atoms with Crippen molar-refractivity contribution in [2.45, 2.75) is 39.2 Å². The van der Waals surface area contributed by atoms with Crippen LogP contribution in [-0.2, 0) is 11.2 Å². The van der Waals surface area contributed by atoms with Crippen molar-refractivity contribution in [3.05, 3.63) is 69.2 Å².